The summed E-state index contributed by atoms with van der Waals surface area (Å²) < 4.78 is 0. The zero-order valence-electron chi connectivity index (χ0n) is 4.18. The average Bonchev–Trinajstić information content (AvgIpc) is 1.72. The number of nitrogens with one attached hydrogen (secondary N) is 2. The highest BCUT2D eigenvalue weighted by Gasteiger charge is 1.88. The lowest BCUT2D eigenvalue weighted by Crippen LogP contribution is -2.49. The van der Waals surface area contributed by atoms with Crippen molar-refractivity contribution < 1.29 is 5.21 Å². The molecule has 5 N–H and O–H groups in total. The highest BCUT2D eigenvalue weighted by atomic mass is 16.5. The molecular weight excluding hydrogens is 96.0 g/mol. The number of nitrogens with zero attached hydrogens (tertiary/aromatic N) is 1. The molecule has 0 rings (SSSR count). The van der Waals surface area contributed by atoms with Crippen molar-refractivity contribution in [2.24, 2.45) is 5.84 Å². The lowest BCUT2D eigenvalue weighted by Gasteiger charge is -2.13. The highest BCUT2D eigenvalue weighted by molar-refractivity contribution is 4.21. The molecule has 0 aromatic heterocycles. The van der Waals surface area contributed by atoms with Gasteiger partial charge in [-0.05, 0) is 6.92 Å². The van der Waals surface area contributed by atoms with Gasteiger partial charge in [0.25, 0.3) is 0 Å². The minimum absolute atomic E-state index is 0.590. The van der Waals surface area contributed by atoms with Crippen LogP contribution in [-0.4, -0.2) is 16.9 Å². The fourth-order valence-electron chi connectivity index (χ4n) is 0.191. The molecule has 0 radical (unpaired) electrons. The molecule has 0 atom stereocenters. The molecule has 0 aliphatic heterocycles. The van der Waals surface area contributed by atoms with Crippen molar-refractivity contribution in [2.75, 3.05) is 6.54 Å². The van der Waals surface area contributed by atoms with Gasteiger partial charge >= 0.3 is 0 Å². The second-order valence-corrected chi connectivity index (χ2v) is 0.973. The van der Waals surface area contributed by atoms with E-state index in [9.17, 15) is 0 Å². The minimum atomic E-state index is 0.590. The van der Waals surface area contributed by atoms with Crippen LogP contribution >= 0.6 is 0 Å². The minimum Gasteiger partial charge on any atom is -0.301 e. The van der Waals surface area contributed by atoms with Crippen LogP contribution in [0.4, 0.5) is 0 Å². The van der Waals surface area contributed by atoms with Crippen LogP contribution < -0.4 is 17.0 Å². The molecule has 0 fully saturated rings. The van der Waals surface area contributed by atoms with Crippen LogP contribution in [-0.2, 0) is 0 Å². The molecule has 0 saturated heterocycles. The summed E-state index contributed by atoms with van der Waals surface area (Å²) in [5.74, 6) is 4.85. The van der Waals surface area contributed by atoms with Gasteiger partial charge in [-0.25, -0.2) is 0 Å². The van der Waals surface area contributed by atoms with Crippen molar-refractivity contribution in [1.82, 2.24) is 16.2 Å². The third kappa shape index (κ3) is 2.49. The van der Waals surface area contributed by atoms with E-state index in [-0.39, 0.29) is 0 Å². The summed E-state index contributed by atoms with van der Waals surface area (Å²) in [7, 11) is 0. The average molecular weight is 106 g/mol. The molecule has 0 amide bonds. The van der Waals surface area contributed by atoms with Gasteiger partial charge in [-0.1, -0.05) is 0 Å². The summed E-state index contributed by atoms with van der Waals surface area (Å²) in [6, 6.07) is 0. The smallest absolute Gasteiger partial charge is 0.0295 e. The second kappa shape index (κ2) is 3.97. The van der Waals surface area contributed by atoms with E-state index in [0.29, 0.717) is 6.54 Å². The van der Waals surface area contributed by atoms with Gasteiger partial charge in [0, 0.05) is 6.54 Å². The van der Waals surface area contributed by atoms with Gasteiger partial charge in [-0.2, -0.15) is 5.53 Å². The lowest BCUT2D eigenvalue weighted by molar-refractivity contribution is -0.0524. The maximum Gasteiger partial charge on any atom is 0.0295 e. The SMILES string of the molecule is CCN(NN)NO. The molecule has 0 spiro atoms. The predicted molar refractivity (Wildman–Crippen MR) is 24.6 cm³/mol. The Morgan fingerprint density at radius 3 is 2.43 bits per heavy atom. The van der Waals surface area contributed by atoms with Crippen molar-refractivity contribution in [2.45, 2.75) is 6.92 Å². The Labute approximate surface area is 42.0 Å². The number of nitrogens with two attached hydrogens (primary N) is 1. The standard InChI is InChI=1S/C2H10N4O/c1-2-6(4-3)5-7/h4-5,7H,2-3H2,1H3. The summed E-state index contributed by atoms with van der Waals surface area (Å²) in [5, 5.41) is 9.27. The van der Waals surface area contributed by atoms with Crippen molar-refractivity contribution in [1.29, 1.82) is 0 Å². The summed E-state index contributed by atoms with van der Waals surface area (Å²) in [6.45, 7) is 2.41. The molecular formula is C2H10N4O. The monoisotopic (exact) mass is 106 g/mol. The van der Waals surface area contributed by atoms with Crippen LogP contribution in [0.3, 0.4) is 0 Å². The van der Waals surface area contributed by atoms with Gasteiger partial charge in [0.2, 0.25) is 0 Å². The van der Waals surface area contributed by atoms with E-state index in [2.05, 4.69) is 5.53 Å². The second-order valence-electron chi connectivity index (χ2n) is 0.973. The zero-order valence-corrected chi connectivity index (χ0v) is 4.18. The Hall–Kier alpha value is -0.200. The molecule has 0 bridgehead atoms. The Balaban J connectivity index is 2.99. The molecule has 0 aliphatic rings. The Kier molecular flexibility index (Phi) is 3.86. The zero-order chi connectivity index (χ0) is 5.70. The first-order valence-corrected chi connectivity index (χ1v) is 1.98. The number of rotatable bonds is 3. The van der Waals surface area contributed by atoms with Crippen LogP contribution in [0.15, 0.2) is 0 Å². The first-order chi connectivity index (χ1) is 3.35. The van der Waals surface area contributed by atoms with E-state index >= 15 is 0 Å². The Bertz CT molecular complexity index is 31.2. The molecule has 0 unspecified atom stereocenters. The fraction of sp³-hybridized carbons (Fsp3) is 1.00. The molecule has 44 valence electrons. The third-order valence-corrected chi connectivity index (χ3v) is 0.593. The maximum atomic E-state index is 8.06. The number of hydrogen-bond donors (Lipinski definition) is 4. The number of hydrazine groups is 3. The first kappa shape index (κ1) is 6.80. The van der Waals surface area contributed by atoms with E-state index < -0.39 is 0 Å². The summed E-state index contributed by atoms with van der Waals surface area (Å²) in [5.41, 5.74) is 3.97. The van der Waals surface area contributed by atoms with E-state index in [0.717, 1.165) is 0 Å². The van der Waals surface area contributed by atoms with Gasteiger partial charge < -0.3 is 5.21 Å². The van der Waals surface area contributed by atoms with Crippen LogP contribution in [0.25, 0.3) is 0 Å². The summed E-state index contributed by atoms with van der Waals surface area (Å²) in [4.78, 5) is 0. The topological polar surface area (TPSA) is 73.5 Å². The quantitative estimate of drug-likeness (QED) is 0.262. The molecule has 7 heavy (non-hydrogen) atoms. The highest BCUT2D eigenvalue weighted by Crippen LogP contribution is 1.62. The van der Waals surface area contributed by atoms with Crippen LogP contribution in [0.5, 0.6) is 0 Å². The van der Waals surface area contributed by atoms with Crippen molar-refractivity contribution in [3.05, 3.63) is 0 Å². The summed E-state index contributed by atoms with van der Waals surface area (Å²) >= 11 is 0. The van der Waals surface area contributed by atoms with Gasteiger partial charge in [0.15, 0.2) is 0 Å². The van der Waals surface area contributed by atoms with E-state index in [4.69, 9.17) is 11.0 Å². The third-order valence-electron chi connectivity index (χ3n) is 0.593. The van der Waals surface area contributed by atoms with Gasteiger partial charge in [0.1, 0.15) is 0 Å². The fourth-order valence-corrected chi connectivity index (χ4v) is 0.191. The van der Waals surface area contributed by atoms with E-state index in [1.54, 1.807) is 5.59 Å². The molecule has 5 nitrogen and oxygen atoms in total. The molecule has 0 aliphatic carbocycles. The predicted octanol–water partition coefficient (Wildman–Crippen LogP) is -1.42. The van der Waals surface area contributed by atoms with Crippen LogP contribution in [0.1, 0.15) is 6.92 Å². The van der Waals surface area contributed by atoms with Crippen molar-refractivity contribution in [3.63, 3.8) is 0 Å². The molecule has 0 heterocycles. The van der Waals surface area contributed by atoms with Gasteiger partial charge in [0.05, 0.1) is 0 Å². The van der Waals surface area contributed by atoms with Gasteiger partial charge in [-0.15, -0.1) is 10.7 Å². The molecule has 0 saturated carbocycles. The van der Waals surface area contributed by atoms with E-state index in [1.165, 1.54) is 5.12 Å². The Morgan fingerprint density at radius 1 is 1.86 bits per heavy atom. The normalized spacial score (nSPS) is 10.3. The van der Waals surface area contributed by atoms with Crippen LogP contribution in [0, 0.1) is 0 Å². The van der Waals surface area contributed by atoms with E-state index in [1.807, 2.05) is 6.92 Å². The summed E-state index contributed by atoms with van der Waals surface area (Å²) in [6.07, 6.45) is 0. The van der Waals surface area contributed by atoms with Crippen molar-refractivity contribution in [3.8, 4) is 0 Å². The lowest BCUT2D eigenvalue weighted by atomic mass is 10.8. The maximum absolute atomic E-state index is 8.06. The Morgan fingerprint density at radius 2 is 2.43 bits per heavy atom. The van der Waals surface area contributed by atoms with Crippen LogP contribution in [0.2, 0.25) is 0 Å². The first-order valence-electron chi connectivity index (χ1n) is 1.98. The molecule has 0 aromatic carbocycles. The molecule has 0 aromatic rings. The number of hydrogen-bond acceptors (Lipinski definition) is 5. The molecule has 5 heteroatoms. The van der Waals surface area contributed by atoms with Crippen molar-refractivity contribution >= 4 is 0 Å². The largest absolute Gasteiger partial charge is 0.301 e. The van der Waals surface area contributed by atoms with Gasteiger partial charge in [-0.3, -0.25) is 5.84 Å².